The molecule has 2 aliphatic rings. The van der Waals surface area contributed by atoms with Crippen molar-refractivity contribution < 1.29 is 0 Å². The number of likely N-dealkylation sites (tertiary alicyclic amines) is 1. The summed E-state index contributed by atoms with van der Waals surface area (Å²) < 4.78 is 0. The number of rotatable bonds is 5. The van der Waals surface area contributed by atoms with Crippen LogP contribution in [0.4, 0.5) is 17.8 Å². The molecule has 7 heteroatoms. The average Bonchev–Trinajstić information content (AvgIpc) is 3.16. The highest BCUT2D eigenvalue weighted by molar-refractivity contribution is 5.42. The van der Waals surface area contributed by atoms with Gasteiger partial charge in [-0.1, -0.05) is 6.92 Å². The summed E-state index contributed by atoms with van der Waals surface area (Å²) in [6, 6.07) is 0. The number of anilines is 3. The number of nitrogens with zero attached hydrogens (tertiary/aromatic N) is 5. The third-order valence-electron chi connectivity index (χ3n) is 4.40. The number of nitrogens with two attached hydrogens (primary N) is 1. The van der Waals surface area contributed by atoms with Gasteiger partial charge in [0.1, 0.15) is 0 Å². The minimum atomic E-state index is 0.302. The molecule has 0 aliphatic carbocycles. The Balaban J connectivity index is 1.60. The van der Waals surface area contributed by atoms with Crippen molar-refractivity contribution in [2.75, 3.05) is 55.2 Å². The molecule has 3 rings (SSSR count). The van der Waals surface area contributed by atoms with Gasteiger partial charge in [0, 0.05) is 26.2 Å². The Morgan fingerprint density at radius 3 is 2.71 bits per heavy atom. The lowest BCUT2D eigenvalue weighted by molar-refractivity contribution is 0.345. The van der Waals surface area contributed by atoms with Crippen molar-refractivity contribution in [1.29, 1.82) is 0 Å². The van der Waals surface area contributed by atoms with Crippen LogP contribution in [0.15, 0.2) is 0 Å². The smallest absolute Gasteiger partial charge is 0.231 e. The standard InChI is InChI=1S/C14H25N7/c1-2-20-8-5-11(10-20)9-16-13-17-12(15)18-14(19-13)21-6-3-4-7-21/h11H,2-10H2,1H3,(H3,15,16,17,18,19). The maximum absolute atomic E-state index is 5.82. The van der Waals surface area contributed by atoms with E-state index in [-0.39, 0.29) is 0 Å². The predicted molar refractivity (Wildman–Crippen MR) is 84.4 cm³/mol. The Morgan fingerprint density at radius 1 is 1.19 bits per heavy atom. The summed E-state index contributed by atoms with van der Waals surface area (Å²) in [5.41, 5.74) is 5.82. The number of nitrogens with one attached hydrogen (secondary N) is 1. The molecule has 1 aromatic rings. The molecular weight excluding hydrogens is 266 g/mol. The van der Waals surface area contributed by atoms with E-state index >= 15 is 0 Å². The van der Waals surface area contributed by atoms with Gasteiger partial charge in [0.25, 0.3) is 0 Å². The minimum Gasteiger partial charge on any atom is -0.368 e. The van der Waals surface area contributed by atoms with Gasteiger partial charge in [-0.2, -0.15) is 15.0 Å². The Kier molecular flexibility index (Phi) is 4.38. The van der Waals surface area contributed by atoms with E-state index < -0.39 is 0 Å². The summed E-state index contributed by atoms with van der Waals surface area (Å²) in [6.07, 6.45) is 3.63. The summed E-state index contributed by atoms with van der Waals surface area (Å²) in [4.78, 5) is 17.6. The third kappa shape index (κ3) is 3.53. The second-order valence-corrected chi connectivity index (χ2v) is 5.94. The molecule has 2 fully saturated rings. The van der Waals surface area contributed by atoms with Crippen LogP contribution in [0.5, 0.6) is 0 Å². The molecular formula is C14H25N7. The molecule has 0 spiro atoms. The third-order valence-corrected chi connectivity index (χ3v) is 4.40. The van der Waals surface area contributed by atoms with Crippen molar-refractivity contribution in [3.8, 4) is 0 Å². The van der Waals surface area contributed by atoms with Gasteiger partial charge in [-0.3, -0.25) is 0 Å². The molecule has 0 bridgehead atoms. The number of hydrogen-bond acceptors (Lipinski definition) is 7. The molecule has 3 heterocycles. The van der Waals surface area contributed by atoms with E-state index in [2.05, 4.69) is 37.0 Å². The van der Waals surface area contributed by atoms with Gasteiger partial charge in [-0.25, -0.2) is 0 Å². The fourth-order valence-corrected chi connectivity index (χ4v) is 3.12. The van der Waals surface area contributed by atoms with Crippen molar-refractivity contribution >= 4 is 17.8 Å². The van der Waals surface area contributed by atoms with E-state index in [0.29, 0.717) is 23.8 Å². The van der Waals surface area contributed by atoms with Crippen molar-refractivity contribution in [2.45, 2.75) is 26.2 Å². The molecule has 2 saturated heterocycles. The van der Waals surface area contributed by atoms with Crippen LogP contribution in [0.3, 0.4) is 0 Å². The lowest BCUT2D eigenvalue weighted by Crippen LogP contribution is -2.24. The summed E-state index contributed by atoms with van der Waals surface area (Å²) in [5, 5.41) is 3.34. The summed E-state index contributed by atoms with van der Waals surface area (Å²) in [6.45, 7) is 8.62. The zero-order valence-electron chi connectivity index (χ0n) is 12.8. The van der Waals surface area contributed by atoms with Gasteiger partial charge < -0.3 is 20.9 Å². The fraction of sp³-hybridized carbons (Fsp3) is 0.786. The first-order valence-corrected chi connectivity index (χ1v) is 7.97. The molecule has 1 aromatic heterocycles. The topological polar surface area (TPSA) is 83.2 Å². The first-order valence-electron chi connectivity index (χ1n) is 7.97. The summed E-state index contributed by atoms with van der Waals surface area (Å²) >= 11 is 0. The highest BCUT2D eigenvalue weighted by Crippen LogP contribution is 2.19. The Labute approximate surface area is 126 Å². The van der Waals surface area contributed by atoms with E-state index in [1.54, 1.807) is 0 Å². The Morgan fingerprint density at radius 2 is 2.00 bits per heavy atom. The highest BCUT2D eigenvalue weighted by atomic mass is 15.3. The first kappa shape index (κ1) is 14.3. The SMILES string of the molecule is CCN1CCC(CNc2nc(N)nc(N3CCCC3)n2)C1. The van der Waals surface area contributed by atoms with E-state index in [9.17, 15) is 0 Å². The molecule has 0 radical (unpaired) electrons. The molecule has 0 saturated carbocycles. The van der Waals surface area contributed by atoms with Gasteiger partial charge in [0.15, 0.2) is 0 Å². The van der Waals surface area contributed by atoms with Crippen LogP contribution in [-0.4, -0.2) is 59.1 Å². The van der Waals surface area contributed by atoms with Crippen LogP contribution in [0.25, 0.3) is 0 Å². The lowest BCUT2D eigenvalue weighted by Gasteiger charge is -2.17. The van der Waals surface area contributed by atoms with Crippen molar-refractivity contribution in [3.63, 3.8) is 0 Å². The minimum absolute atomic E-state index is 0.302. The lowest BCUT2D eigenvalue weighted by atomic mass is 10.1. The largest absolute Gasteiger partial charge is 0.368 e. The zero-order chi connectivity index (χ0) is 14.7. The van der Waals surface area contributed by atoms with Gasteiger partial charge in [0.2, 0.25) is 17.8 Å². The van der Waals surface area contributed by atoms with Crippen LogP contribution in [0, 0.1) is 5.92 Å². The van der Waals surface area contributed by atoms with E-state index in [0.717, 1.165) is 32.7 Å². The first-order chi connectivity index (χ1) is 10.2. The molecule has 3 N–H and O–H groups in total. The molecule has 1 unspecified atom stereocenters. The van der Waals surface area contributed by atoms with Crippen molar-refractivity contribution in [1.82, 2.24) is 19.9 Å². The van der Waals surface area contributed by atoms with E-state index in [4.69, 9.17) is 5.73 Å². The van der Waals surface area contributed by atoms with E-state index in [1.807, 2.05) is 0 Å². The van der Waals surface area contributed by atoms with Crippen molar-refractivity contribution in [2.24, 2.45) is 5.92 Å². The number of hydrogen-bond donors (Lipinski definition) is 2. The number of nitrogen functional groups attached to an aromatic ring is 1. The molecule has 0 aromatic carbocycles. The molecule has 21 heavy (non-hydrogen) atoms. The average molecular weight is 291 g/mol. The fourth-order valence-electron chi connectivity index (χ4n) is 3.12. The monoisotopic (exact) mass is 291 g/mol. The quantitative estimate of drug-likeness (QED) is 0.830. The second-order valence-electron chi connectivity index (χ2n) is 5.94. The van der Waals surface area contributed by atoms with Crippen LogP contribution in [0.2, 0.25) is 0 Å². The number of aromatic nitrogens is 3. The zero-order valence-corrected chi connectivity index (χ0v) is 12.8. The van der Waals surface area contributed by atoms with Gasteiger partial charge in [0.05, 0.1) is 0 Å². The molecule has 7 nitrogen and oxygen atoms in total. The van der Waals surface area contributed by atoms with Crippen LogP contribution in [-0.2, 0) is 0 Å². The maximum atomic E-state index is 5.82. The van der Waals surface area contributed by atoms with Gasteiger partial charge in [-0.15, -0.1) is 0 Å². The molecule has 0 amide bonds. The normalized spacial score (nSPS) is 22.9. The van der Waals surface area contributed by atoms with E-state index in [1.165, 1.54) is 25.8 Å². The predicted octanol–water partition coefficient (Wildman–Crippen LogP) is 0.808. The van der Waals surface area contributed by atoms with Crippen molar-refractivity contribution in [3.05, 3.63) is 0 Å². The molecule has 2 aliphatic heterocycles. The maximum Gasteiger partial charge on any atom is 0.231 e. The van der Waals surface area contributed by atoms with Crippen LogP contribution >= 0.6 is 0 Å². The Hall–Kier alpha value is -1.63. The van der Waals surface area contributed by atoms with Gasteiger partial charge >= 0.3 is 0 Å². The summed E-state index contributed by atoms with van der Waals surface area (Å²) in [5.74, 6) is 2.29. The Bertz CT molecular complexity index is 472. The van der Waals surface area contributed by atoms with Gasteiger partial charge in [-0.05, 0) is 38.3 Å². The van der Waals surface area contributed by atoms with Crippen LogP contribution < -0.4 is 16.0 Å². The second kappa shape index (κ2) is 6.43. The summed E-state index contributed by atoms with van der Waals surface area (Å²) in [7, 11) is 0. The highest BCUT2D eigenvalue weighted by Gasteiger charge is 2.21. The van der Waals surface area contributed by atoms with Crippen LogP contribution in [0.1, 0.15) is 26.2 Å². The molecule has 116 valence electrons. The molecule has 1 atom stereocenters.